The maximum atomic E-state index is 3.73. The second-order valence-corrected chi connectivity index (χ2v) is 6.06. The van der Waals surface area contributed by atoms with Crippen LogP contribution >= 0.6 is 10.4 Å². The second-order valence-electron chi connectivity index (χ2n) is 2.51. The lowest BCUT2D eigenvalue weighted by molar-refractivity contribution is 0.673. The quantitative estimate of drug-likeness (QED) is 0.625. The van der Waals surface area contributed by atoms with Gasteiger partial charge in [-0.2, -0.15) is 0 Å². The van der Waals surface area contributed by atoms with Crippen molar-refractivity contribution in [3.8, 4) is 0 Å². The van der Waals surface area contributed by atoms with Gasteiger partial charge in [0.05, 0.1) is 0 Å². The summed E-state index contributed by atoms with van der Waals surface area (Å²) in [5, 5.41) is 0. The molecule has 0 saturated carbocycles. The van der Waals surface area contributed by atoms with Crippen LogP contribution in [0, 0.1) is 0 Å². The Morgan fingerprint density at radius 3 is 2.20 bits per heavy atom. The minimum Gasteiger partial charge on any atom is -0.273 e. The zero-order valence-corrected chi connectivity index (χ0v) is 8.16. The topological polar surface area (TPSA) is 15.3 Å². The van der Waals surface area contributed by atoms with E-state index in [0.29, 0.717) is 0 Å². The van der Waals surface area contributed by atoms with Gasteiger partial charge in [-0.15, -0.1) is 17.0 Å². The van der Waals surface area contributed by atoms with E-state index in [9.17, 15) is 0 Å². The molecule has 0 radical (unpaired) electrons. The van der Waals surface area contributed by atoms with Crippen molar-refractivity contribution >= 4 is 10.4 Å². The molecule has 0 aromatic rings. The van der Waals surface area contributed by atoms with Gasteiger partial charge in [0.2, 0.25) is 0 Å². The summed E-state index contributed by atoms with van der Waals surface area (Å²) < 4.78 is 5.55. The van der Waals surface area contributed by atoms with Gasteiger partial charge in [0.15, 0.2) is 0 Å². The SMILES string of the molecule is C=CCS(C)(NC)N(C)C. The van der Waals surface area contributed by atoms with Crippen LogP contribution in [-0.4, -0.2) is 37.5 Å². The third kappa shape index (κ3) is 2.33. The summed E-state index contributed by atoms with van der Waals surface area (Å²) in [5.41, 5.74) is 0. The van der Waals surface area contributed by atoms with Crippen LogP contribution in [0.4, 0.5) is 0 Å². The van der Waals surface area contributed by atoms with E-state index in [0.717, 1.165) is 5.75 Å². The maximum absolute atomic E-state index is 3.73. The van der Waals surface area contributed by atoms with Crippen molar-refractivity contribution in [3.63, 3.8) is 0 Å². The van der Waals surface area contributed by atoms with Crippen molar-refractivity contribution in [1.82, 2.24) is 9.03 Å². The Balaban J connectivity index is 4.07. The van der Waals surface area contributed by atoms with Crippen LogP contribution in [0.2, 0.25) is 0 Å². The lowest BCUT2D eigenvalue weighted by Gasteiger charge is -2.41. The molecule has 0 aliphatic carbocycles. The van der Waals surface area contributed by atoms with Crippen molar-refractivity contribution in [2.75, 3.05) is 33.2 Å². The smallest absolute Gasteiger partial charge is 0.0190 e. The van der Waals surface area contributed by atoms with Gasteiger partial charge in [0.1, 0.15) is 0 Å². The highest BCUT2D eigenvalue weighted by molar-refractivity contribution is 8.29. The second kappa shape index (κ2) is 4.01. The summed E-state index contributed by atoms with van der Waals surface area (Å²) >= 11 is 0. The third-order valence-electron chi connectivity index (χ3n) is 1.69. The monoisotopic (exact) mass is 162 g/mol. The van der Waals surface area contributed by atoms with Gasteiger partial charge in [-0.25, -0.2) is 0 Å². The third-order valence-corrected chi connectivity index (χ3v) is 5.06. The summed E-state index contributed by atoms with van der Waals surface area (Å²) in [6.45, 7) is 3.73. The Hall–Kier alpha value is 0.01000. The van der Waals surface area contributed by atoms with Crippen LogP contribution in [0.5, 0.6) is 0 Å². The molecule has 1 atom stereocenters. The van der Waals surface area contributed by atoms with Gasteiger partial charge >= 0.3 is 0 Å². The summed E-state index contributed by atoms with van der Waals surface area (Å²) in [6.07, 6.45) is 4.19. The average molecular weight is 162 g/mol. The molecule has 0 rings (SSSR count). The molecular formula is C7H18N2S. The first-order valence-electron chi connectivity index (χ1n) is 3.29. The summed E-state index contributed by atoms with van der Waals surface area (Å²) in [5.74, 6) is 1.04. The molecule has 0 bridgehead atoms. The molecule has 10 heavy (non-hydrogen) atoms. The van der Waals surface area contributed by atoms with Gasteiger partial charge in [-0.3, -0.25) is 9.03 Å². The molecule has 62 valence electrons. The zero-order valence-electron chi connectivity index (χ0n) is 7.35. The van der Waals surface area contributed by atoms with Gasteiger partial charge < -0.3 is 0 Å². The van der Waals surface area contributed by atoms with Gasteiger partial charge in [-0.1, -0.05) is 6.08 Å². The predicted octanol–water partition coefficient (Wildman–Crippen LogP) is 1.22. The molecule has 3 heteroatoms. The predicted molar refractivity (Wildman–Crippen MR) is 51.3 cm³/mol. The van der Waals surface area contributed by atoms with Crippen LogP contribution in [0.25, 0.3) is 0 Å². The highest BCUT2D eigenvalue weighted by atomic mass is 32.3. The van der Waals surface area contributed by atoms with Crippen molar-refractivity contribution in [2.45, 2.75) is 0 Å². The standard InChI is InChI=1S/C7H18N2S/c1-6-7-10(5,8-2)9(3)4/h6,8H,1,7H2,2-5H3. The number of rotatable bonds is 4. The highest BCUT2D eigenvalue weighted by Gasteiger charge is 2.15. The first-order chi connectivity index (χ1) is 4.56. The minimum atomic E-state index is -0.778. The highest BCUT2D eigenvalue weighted by Crippen LogP contribution is 2.40. The fourth-order valence-corrected chi connectivity index (χ4v) is 1.93. The lowest BCUT2D eigenvalue weighted by atomic mass is 10.8. The van der Waals surface area contributed by atoms with E-state index >= 15 is 0 Å². The summed E-state index contributed by atoms with van der Waals surface area (Å²) in [6, 6.07) is 0. The molecule has 0 fully saturated rings. The van der Waals surface area contributed by atoms with Gasteiger partial charge in [-0.05, 0) is 27.4 Å². The molecule has 0 aliphatic heterocycles. The van der Waals surface area contributed by atoms with Gasteiger partial charge in [0.25, 0.3) is 0 Å². The fraction of sp³-hybridized carbons (Fsp3) is 0.714. The van der Waals surface area contributed by atoms with E-state index in [1.165, 1.54) is 0 Å². The number of nitrogens with zero attached hydrogens (tertiary/aromatic N) is 1. The molecule has 0 aliphatic rings. The molecule has 0 saturated heterocycles. The first-order valence-corrected chi connectivity index (χ1v) is 5.46. The van der Waals surface area contributed by atoms with Crippen LogP contribution < -0.4 is 4.72 Å². The molecular weight excluding hydrogens is 144 g/mol. The summed E-state index contributed by atoms with van der Waals surface area (Å²) in [7, 11) is 5.41. The minimum absolute atomic E-state index is 0.778. The Bertz CT molecular complexity index is 114. The first kappa shape index (κ1) is 10.0. The van der Waals surface area contributed by atoms with E-state index in [1.54, 1.807) is 0 Å². The summed E-state index contributed by atoms with van der Waals surface area (Å²) in [4.78, 5) is 0. The van der Waals surface area contributed by atoms with E-state index < -0.39 is 10.4 Å². The molecule has 0 heterocycles. The Morgan fingerprint density at radius 1 is 1.60 bits per heavy atom. The number of nitrogens with one attached hydrogen (secondary N) is 1. The molecule has 0 aromatic heterocycles. The molecule has 0 aromatic carbocycles. The molecule has 1 N–H and O–H groups in total. The Morgan fingerprint density at radius 2 is 2.10 bits per heavy atom. The fourth-order valence-electron chi connectivity index (χ4n) is 0.644. The van der Waals surface area contributed by atoms with Crippen LogP contribution in [0.3, 0.4) is 0 Å². The van der Waals surface area contributed by atoms with E-state index in [1.807, 2.05) is 13.1 Å². The lowest BCUT2D eigenvalue weighted by Crippen LogP contribution is -2.30. The van der Waals surface area contributed by atoms with Crippen LogP contribution in [-0.2, 0) is 0 Å². The van der Waals surface area contributed by atoms with E-state index in [4.69, 9.17) is 0 Å². The van der Waals surface area contributed by atoms with Crippen molar-refractivity contribution in [3.05, 3.63) is 12.7 Å². The average Bonchev–Trinajstić information content (AvgIpc) is 1.88. The van der Waals surface area contributed by atoms with Crippen molar-refractivity contribution < 1.29 is 0 Å². The van der Waals surface area contributed by atoms with Crippen molar-refractivity contribution in [1.29, 1.82) is 0 Å². The number of hydrogen-bond donors (Lipinski definition) is 1. The normalized spacial score (nSPS) is 20.1. The maximum Gasteiger partial charge on any atom is 0.0190 e. The zero-order chi connectivity index (χ0) is 8.20. The van der Waals surface area contributed by atoms with Crippen LogP contribution in [0.15, 0.2) is 12.7 Å². The molecule has 0 spiro atoms. The molecule has 0 amide bonds. The Labute approximate surface area is 65.9 Å². The Kier molecular flexibility index (Phi) is 4.01. The molecule has 1 unspecified atom stereocenters. The number of hydrogen-bond acceptors (Lipinski definition) is 2. The van der Waals surface area contributed by atoms with Crippen LogP contribution in [0.1, 0.15) is 0 Å². The van der Waals surface area contributed by atoms with Gasteiger partial charge in [0, 0.05) is 5.75 Å². The van der Waals surface area contributed by atoms with Crippen molar-refractivity contribution in [2.24, 2.45) is 0 Å². The largest absolute Gasteiger partial charge is 0.273 e. The van der Waals surface area contributed by atoms with E-state index in [-0.39, 0.29) is 0 Å². The molecule has 2 nitrogen and oxygen atoms in total. The van der Waals surface area contributed by atoms with E-state index in [2.05, 4.69) is 36.0 Å².